The molecule has 56 valence electrons. The summed E-state index contributed by atoms with van der Waals surface area (Å²) in [6.07, 6.45) is 3.84. The van der Waals surface area contributed by atoms with E-state index in [-0.39, 0.29) is 0 Å². The predicted octanol–water partition coefficient (Wildman–Crippen LogP) is 0.711. The van der Waals surface area contributed by atoms with Crippen LogP contribution in [0.15, 0.2) is 12.4 Å². The average Bonchev–Trinajstić information content (AvgIpc) is 2.34. The lowest BCUT2D eigenvalue weighted by Gasteiger charge is -2.07. The van der Waals surface area contributed by atoms with Gasteiger partial charge in [0.2, 0.25) is 0 Å². The molecule has 0 aliphatic heterocycles. The van der Waals surface area contributed by atoms with Gasteiger partial charge in [-0.25, -0.2) is 0 Å². The van der Waals surface area contributed by atoms with Crippen molar-refractivity contribution in [1.82, 2.24) is 9.78 Å². The molecule has 1 rings (SSSR count). The molecule has 0 spiro atoms. The first-order valence-electron chi connectivity index (χ1n) is 3.45. The molecule has 0 amide bonds. The number of rotatable bonds is 2. The molecular weight excluding hydrogens is 126 g/mol. The van der Waals surface area contributed by atoms with Gasteiger partial charge in [0.05, 0.1) is 12.2 Å². The lowest BCUT2D eigenvalue weighted by atomic mass is 10.3. The van der Waals surface area contributed by atoms with Crippen molar-refractivity contribution in [2.45, 2.75) is 19.9 Å². The van der Waals surface area contributed by atoms with Gasteiger partial charge >= 0.3 is 0 Å². The molecule has 0 aliphatic carbocycles. The number of nitrogens with two attached hydrogens (primary N) is 1. The Morgan fingerprint density at radius 3 is 2.90 bits per heavy atom. The van der Waals surface area contributed by atoms with Crippen LogP contribution in [0.2, 0.25) is 0 Å². The van der Waals surface area contributed by atoms with Gasteiger partial charge in [0.15, 0.2) is 0 Å². The standard InChI is InChI=1S/C7H13N3/c1-6-4-9-10(5-6)7(2)3-8/h4-5,7H,3,8H2,1-2H3/t7-/m1/s1. The highest BCUT2D eigenvalue weighted by Gasteiger charge is 2.00. The third-order valence-corrected chi connectivity index (χ3v) is 1.52. The lowest BCUT2D eigenvalue weighted by Crippen LogP contribution is -2.16. The van der Waals surface area contributed by atoms with Crippen molar-refractivity contribution < 1.29 is 0 Å². The van der Waals surface area contributed by atoms with Gasteiger partial charge in [-0.05, 0) is 19.4 Å². The maximum Gasteiger partial charge on any atom is 0.0613 e. The fraction of sp³-hybridized carbons (Fsp3) is 0.571. The van der Waals surface area contributed by atoms with Crippen LogP contribution < -0.4 is 5.73 Å². The van der Waals surface area contributed by atoms with Crippen LogP contribution >= 0.6 is 0 Å². The van der Waals surface area contributed by atoms with Crippen LogP contribution in [-0.4, -0.2) is 16.3 Å². The smallest absolute Gasteiger partial charge is 0.0613 e. The number of aryl methyl sites for hydroxylation is 1. The lowest BCUT2D eigenvalue weighted by molar-refractivity contribution is 0.500. The van der Waals surface area contributed by atoms with E-state index in [0.717, 1.165) is 0 Å². The van der Waals surface area contributed by atoms with E-state index in [1.807, 2.05) is 30.9 Å². The Hall–Kier alpha value is -0.830. The summed E-state index contributed by atoms with van der Waals surface area (Å²) in [5.74, 6) is 0. The molecule has 0 saturated carbocycles. The number of hydrogen-bond donors (Lipinski definition) is 1. The Morgan fingerprint density at radius 2 is 2.50 bits per heavy atom. The fourth-order valence-electron chi connectivity index (χ4n) is 0.782. The molecule has 3 nitrogen and oxygen atoms in total. The topological polar surface area (TPSA) is 43.8 Å². The maximum absolute atomic E-state index is 5.45. The SMILES string of the molecule is Cc1cnn([C@H](C)CN)c1. The van der Waals surface area contributed by atoms with Gasteiger partial charge in [-0.15, -0.1) is 0 Å². The monoisotopic (exact) mass is 139 g/mol. The van der Waals surface area contributed by atoms with Crippen molar-refractivity contribution in [3.63, 3.8) is 0 Å². The minimum Gasteiger partial charge on any atom is -0.328 e. The Kier molecular flexibility index (Phi) is 2.06. The highest BCUT2D eigenvalue weighted by atomic mass is 15.3. The summed E-state index contributed by atoms with van der Waals surface area (Å²) in [7, 11) is 0. The zero-order chi connectivity index (χ0) is 7.56. The molecule has 1 heterocycles. The second-order valence-corrected chi connectivity index (χ2v) is 2.58. The van der Waals surface area contributed by atoms with Crippen molar-refractivity contribution in [2.75, 3.05) is 6.54 Å². The molecule has 0 radical (unpaired) electrons. The van der Waals surface area contributed by atoms with Gasteiger partial charge < -0.3 is 5.73 Å². The van der Waals surface area contributed by atoms with Crippen LogP contribution in [0, 0.1) is 6.92 Å². The Bertz CT molecular complexity index is 204. The van der Waals surface area contributed by atoms with Crippen molar-refractivity contribution in [2.24, 2.45) is 5.73 Å². The molecule has 1 atom stereocenters. The summed E-state index contributed by atoms with van der Waals surface area (Å²) >= 11 is 0. The van der Waals surface area contributed by atoms with E-state index in [1.54, 1.807) is 0 Å². The first-order chi connectivity index (χ1) is 4.74. The third-order valence-electron chi connectivity index (χ3n) is 1.52. The molecule has 0 bridgehead atoms. The predicted molar refractivity (Wildman–Crippen MR) is 40.7 cm³/mol. The Morgan fingerprint density at radius 1 is 1.80 bits per heavy atom. The normalized spacial score (nSPS) is 13.5. The van der Waals surface area contributed by atoms with E-state index in [9.17, 15) is 0 Å². The molecule has 1 aromatic rings. The Balaban J connectivity index is 2.74. The van der Waals surface area contributed by atoms with Crippen molar-refractivity contribution in [3.8, 4) is 0 Å². The number of nitrogens with zero attached hydrogens (tertiary/aromatic N) is 2. The van der Waals surface area contributed by atoms with Crippen LogP contribution in [0.5, 0.6) is 0 Å². The number of hydrogen-bond acceptors (Lipinski definition) is 2. The van der Waals surface area contributed by atoms with E-state index in [2.05, 4.69) is 5.10 Å². The largest absolute Gasteiger partial charge is 0.328 e. The second-order valence-electron chi connectivity index (χ2n) is 2.58. The summed E-state index contributed by atoms with van der Waals surface area (Å²) < 4.78 is 1.88. The van der Waals surface area contributed by atoms with Crippen LogP contribution in [-0.2, 0) is 0 Å². The van der Waals surface area contributed by atoms with E-state index >= 15 is 0 Å². The van der Waals surface area contributed by atoms with Crippen molar-refractivity contribution >= 4 is 0 Å². The van der Waals surface area contributed by atoms with Crippen LogP contribution in [0.25, 0.3) is 0 Å². The summed E-state index contributed by atoms with van der Waals surface area (Å²) in [5.41, 5.74) is 6.63. The minimum absolute atomic E-state index is 0.314. The fourth-order valence-corrected chi connectivity index (χ4v) is 0.782. The van der Waals surface area contributed by atoms with Crippen LogP contribution in [0.3, 0.4) is 0 Å². The molecule has 0 aromatic carbocycles. The first kappa shape index (κ1) is 7.28. The van der Waals surface area contributed by atoms with Crippen LogP contribution in [0.1, 0.15) is 18.5 Å². The van der Waals surface area contributed by atoms with E-state index in [1.165, 1.54) is 5.56 Å². The highest BCUT2D eigenvalue weighted by Crippen LogP contribution is 2.02. The molecular formula is C7H13N3. The summed E-state index contributed by atoms with van der Waals surface area (Å²) in [4.78, 5) is 0. The quantitative estimate of drug-likeness (QED) is 0.655. The highest BCUT2D eigenvalue weighted by molar-refractivity contribution is 5.00. The van der Waals surface area contributed by atoms with Gasteiger partial charge in [-0.3, -0.25) is 4.68 Å². The molecule has 0 aliphatic rings. The van der Waals surface area contributed by atoms with Crippen molar-refractivity contribution in [3.05, 3.63) is 18.0 Å². The minimum atomic E-state index is 0.314. The summed E-state index contributed by atoms with van der Waals surface area (Å²) in [6, 6.07) is 0.314. The molecule has 3 heteroatoms. The molecule has 10 heavy (non-hydrogen) atoms. The molecule has 1 aromatic heterocycles. The Labute approximate surface area is 60.8 Å². The van der Waals surface area contributed by atoms with Crippen molar-refractivity contribution in [1.29, 1.82) is 0 Å². The molecule has 0 unspecified atom stereocenters. The van der Waals surface area contributed by atoms with Gasteiger partial charge in [-0.2, -0.15) is 5.10 Å². The van der Waals surface area contributed by atoms with Gasteiger partial charge in [-0.1, -0.05) is 0 Å². The van der Waals surface area contributed by atoms with E-state index in [0.29, 0.717) is 12.6 Å². The summed E-state index contributed by atoms with van der Waals surface area (Å²) in [6.45, 7) is 4.71. The van der Waals surface area contributed by atoms with Crippen LogP contribution in [0.4, 0.5) is 0 Å². The van der Waals surface area contributed by atoms with Gasteiger partial charge in [0, 0.05) is 12.7 Å². The number of aromatic nitrogens is 2. The van der Waals surface area contributed by atoms with E-state index in [4.69, 9.17) is 5.73 Å². The molecule has 0 saturated heterocycles. The average molecular weight is 139 g/mol. The first-order valence-corrected chi connectivity index (χ1v) is 3.45. The maximum atomic E-state index is 5.45. The molecule has 0 fully saturated rings. The zero-order valence-corrected chi connectivity index (χ0v) is 6.41. The van der Waals surface area contributed by atoms with Gasteiger partial charge in [0.1, 0.15) is 0 Å². The zero-order valence-electron chi connectivity index (χ0n) is 6.41. The third kappa shape index (κ3) is 1.36. The van der Waals surface area contributed by atoms with Gasteiger partial charge in [0.25, 0.3) is 0 Å². The van der Waals surface area contributed by atoms with E-state index < -0.39 is 0 Å². The molecule has 2 N–H and O–H groups in total. The second kappa shape index (κ2) is 2.84. The summed E-state index contributed by atoms with van der Waals surface area (Å²) in [5, 5.41) is 4.12.